The highest BCUT2D eigenvalue weighted by molar-refractivity contribution is 5.97. The van der Waals surface area contributed by atoms with E-state index in [1.54, 1.807) is 12.1 Å². The molecule has 1 aromatic heterocycles. The fourth-order valence-corrected chi connectivity index (χ4v) is 5.96. The number of hydrogen-bond acceptors (Lipinski definition) is 6. The molecule has 4 heterocycles. The number of piperazine rings is 1. The lowest BCUT2D eigenvalue weighted by atomic mass is 9.91. The van der Waals surface area contributed by atoms with Gasteiger partial charge in [-0.25, -0.2) is 4.39 Å². The van der Waals surface area contributed by atoms with Crippen LogP contribution in [0.15, 0.2) is 36.5 Å². The van der Waals surface area contributed by atoms with Crippen LogP contribution in [0.3, 0.4) is 0 Å². The lowest BCUT2D eigenvalue weighted by molar-refractivity contribution is -0.150. The molecule has 1 N–H and O–H groups in total. The molecule has 2 amide bonds. The summed E-state index contributed by atoms with van der Waals surface area (Å²) in [5, 5.41) is 3.53. The van der Waals surface area contributed by atoms with Gasteiger partial charge in [0, 0.05) is 56.4 Å². The van der Waals surface area contributed by atoms with Crippen LogP contribution in [0.5, 0.6) is 0 Å². The zero-order valence-electron chi connectivity index (χ0n) is 23.5. The first-order valence-electron chi connectivity index (χ1n) is 14.0. The molecular weight excluding hydrogens is 497 g/mol. The number of benzene rings is 1. The molecule has 9 heteroatoms. The van der Waals surface area contributed by atoms with E-state index in [4.69, 9.17) is 9.72 Å². The van der Waals surface area contributed by atoms with Crippen molar-refractivity contribution < 1.29 is 18.7 Å². The first-order valence-corrected chi connectivity index (χ1v) is 14.0. The van der Waals surface area contributed by atoms with Gasteiger partial charge in [-0.2, -0.15) is 0 Å². The quantitative estimate of drug-likeness (QED) is 0.586. The van der Waals surface area contributed by atoms with Gasteiger partial charge < -0.3 is 19.9 Å². The molecule has 0 bridgehead atoms. The third kappa shape index (κ3) is 6.15. The van der Waals surface area contributed by atoms with Gasteiger partial charge in [-0.3, -0.25) is 19.5 Å². The molecule has 3 atom stereocenters. The Hall–Kier alpha value is -2.88. The van der Waals surface area contributed by atoms with Gasteiger partial charge in [0.2, 0.25) is 11.8 Å². The molecule has 3 aliphatic rings. The number of hydrogen-bond donors (Lipinski definition) is 1. The molecule has 39 heavy (non-hydrogen) atoms. The van der Waals surface area contributed by atoms with Gasteiger partial charge in [0.1, 0.15) is 12.4 Å². The van der Waals surface area contributed by atoms with Crippen LogP contribution in [0.25, 0.3) is 0 Å². The predicted molar refractivity (Wildman–Crippen MR) is 148 cm³/mol. The summed E-state index contributed by atoms with van der Waals surface area (Å²) >= 11 is 0. The number of amides is 2. The van der Waals surface area contributed by atoms with Crippen molar-refractivity contribution in [3.8, 4) is 0 Å². The van der Waals surface area contributed by atoms with Crippen LogP contribution in [-0.2, 0) is 26.2 Å². The molecule has 0 saturated carbocycles. The standard InChI is InChI=1S/C30H40FN5O3/c1-5-25-16-35(28(38)18-39-25)15-24-13-32-20(2)14-34(24)17-27(37)36-19-30(3,4)29-26(36)11-22(12-33-29)10-21-6-8-23(31)9-7-21/h6-9,11-12,20,24-25,32H,5,10,13-19H2,1-4H3/t20-,24-,25+/m1/s1. The maximum Gasteiger partial charge on any atom is 0.248 e. The van der Waals surface area contributed by atoms with E-state index in [2.05, 4.69) is 44.0 Å². The van der Waals surface area contributed by atoms with Crippen LogP contribution < -0.4 is 10.2 Å². The molecular formula is C30H40FN5O3. The van der Waals surface area contributed by atoms with Crippen LogP contribution in [0.4, 0.5) is 10.1 Å². The topological polar surface area (TPSA) is 78.0 Å². The number of rotatable bonds is 7. The lowest BCUT2D eigenvalue weighted by Gasteiger charge is -2.43. The molecule has 2 aromatic rings. The maximum absolute atomic E-state index is 13.9. The molecule has 0 unspecified atom stereocenters. The number of morpholine rings is 1. The van der Waals surface area contributed by atoms with Gasteiger partial charge in [-0.05, 0) is 49.1 Å². The van der Waals surface area contributed by atoms with Crippen LogP contribution in [0.1, 0.15) is 50.9 Å². The third-order valence-electron chi connectivity index (χ3n) is 8.20. The summed E-state index contributed by atoms with van der Waals surface area (Å²) in [4.78, 5) is 37.3. The Balaban J connectivity index is 1.32. The first kappa shape index (κ1) is 27.7. The molecule has 210 valence electrons. The fraction of sp³-hybridized carbons (Fsp3) is 0.567. The highest BCUT2D eigenvalue weighted by Gasteiger charge is 2.41. The van der Waals surface area contributed by atoms with E-state index < -0.39 is 0 Å². The molecule has 2 saturated heterocycles. The normalized spacial score (nSPS) is 25.2. The lowest BCUT2D eigenvalue weighted by Crippen LogP contribution is -2.62. The number of carbonyl (C=O) groups excluding carboxylic acids is 2. The largest absolute Gasteiger partial charge is 0.367 e. The third-order valence-corrected chi connectivity index (χ3v) is 8.20. The molecule has 5 rings (SSSR count). The van der Waals surface area contributed by atoms with Crippen LogP contribution >= 0.6 is 0 Å². The highest BCUT2D eigenvalue weighted by atomic mass is 19.1. The Labute approximate surface area is 230 Å². The van der Waals surface area contributed by atoms with Gasteiger partial charge >= 0.3 is 0 Å². The number of carbonyl (C=O) groups is 2. The summed E-state index contributed by atoms with van der Waals surface area (Å²) in [5.74, 6) is -0.200. The minimum Gasteiger partial charge on any atom is -0.367 e. The van der Waals surface area contributed by atoms with Gasteiger partial charge in [0.15, 0.2) is 0 Å². The van der Waals surface area contributed by atoms with Crippen molar-refractivity contribution in [1.82, 2.24) is 20.1 Å². The minimum atomic E-state index is -0.259. The number of halogens is 1. The molecule has 2 fully saturated rings. The smallest absolute Gasteiger partial charge is 0.248 e. The van der Waals surface area contributed by atoms with Crippen LogP contribution in [-0.4, -0.2) is 90.7 Å². The van der Waals surface area contributed by atoms with Crippen molar-refractivity contribution >= 4 is 17.5 Å². The Morgan fingerprint density at radius 2 is 1.97 bits per heavy atom. The van der Waals surface area contributed by atoms with Crippen LogP contribution in [0.2, 0.25) is 0 Å². The molecule has 3 aliphatic heterocycles. The number of ether oxygens (including phenoxy) is 1. The van der Waals surface area contributed by atoms with E-state index in [-0.39, 0.29) is 54.4 Å². The second-order valence-electron chi connectivity index (χ2n) is 11.9. The number of nitrogens with one attached hydrogen (secondary N) is 1. The number of pyridine rings is 1. The summed E-state index contributed by atoms with van der Waals surface area (Å²) in [5.41, 5.74) is 3.51. The van der Waals surface area contributed by atoms with Crippen molar-refractivity contribution in [2.45, 2.75) is 64.1 Å². The van der Waals surface area contributed by atoms with E-state index >= 15 is 0 Å². The van der Waals surface area contributed by atoms with Gasteiger partial charge in [0.25, 0.3) is 0 Å². The number of nitrogens with zero attached hydrogens (tertiary/aromatic N) is 4. The molecule has 0 spiro atoms. The SMILES string of the molecule is CC[C@H]1CN(C[C@H]2CN[C@H](C)CN2CC(=O)N2CC(C)(C)c3ncc(Cc4ccc(F)cc4)cc32)C(=O)CO1. The van der Waals surface area contributed by atoms with Crippen molar-refractivity contribution in [2.75, 3.05) is 50.8 Å². The summed E-state index contributed by atoms with van der Waals surface area (Å²) < 4.78 is 19.0. The van der Waals surface area contributed by atoms with Crippen molar-refractivity contribution in [1.29, 1.82) is 0 Å². The zero-order valence-corrected chi connectivity index (χ0v) is 23.5. The van der Waals surface area contributed by atoms with Gasteiger partial charge in [-0.1, -0.05) is 32.9 Å². The number of aromatic nitrogens is 1. The van der Waals surface area contributed by atoms with Gasteiger partial charge in [-0.15, -0.1) is 0 Å². The Bertz CT molecular complexity index is 1200. The van der Waals surface area contributed by atoms with E-state index in [0.717, 1.165) is 42.0 Å². The van der Waals surface area contributed by atoms with Crippen LogP contribution in [0, 0.1) is 5.82 Å². The number of fused-ring (bicyclic) bond motifs is 1. The van der Waals surface area contributed by atoms with Crippen molar-refractivity contribution in [2.24, 2.45) is 0 Å². The number of anilines is 1. The monoisotopic (exact) mass is 537 g/mol. The molecule has 1 aromatic carbocycles. The zero-order chi connectivity index (χ0) is 27.7. The van der Waals surface area contributed by atoms with E-state index in [1.807, 2.05) is 16.0 Å². The Kier molecular flexibility index (Phi) is 8.03. The fourth-order valence-electron chi connectivity index (χ4n) is 5.96. The Morgan fingerprint density at radius 1 is 1.21 bits per heavy atom. The maximum atomic E-state index is 13.9. The molecule has 0 aliphatic carbocycles. The van der Waals surface area contributed by atoms with Crippen molar-refractivity contribution in [3.63, 3.8) is 0 Å². The first-order chi connectivity index (χ1) is 18.6. The second-order valence-corrected chi connectivity index (χ2v) is 11.9. The molecule has 0 radical (unpaired) electrons. The summed E-state index contributed by atoms with van der Waals surface area (Å²) in [6.07, 6.45) is 3.42. The Morgan fingerprint density at radius 3 is 2.72 bits per heavy atom. The average molecular weight is 538 g/mol. The predicted octanol–water partition coefficient (Wildman–Crippen LogP) is 2.74. The van der Waals surface area contributed by atoms with E-state index in [0.29, 0.717) is 26.1 Å². The van der Waals surface area contributed by atoms with E-state index in [9.17, 15) is 14.0 Å². The second kappa shape index (κ2) is 11.3. The van der Waals surface area contributed by atoms with Crippen molar-refractivity contribution in [3.05, 3.63) is 59.2 Å². The van der Waals surface area contributed by atoms with E-state index in [1.165, 1.54) is 12.1 Å². The molecule has 8 nitrogen and oxygen atoms in total. The highest BCUT2D eigenvalue weighted by Crippen LogP contribution is 2.39. The van der Waals surface area contributed by atoms with Gasteiger partial charge in [0.05, 0.1) is 24.0 Å². The summed E-state index contributed by atoms with van der Waals surface area (Å²) in [6, 6.07) is 8.85. The minimum absolute atomic E-state index is 0.0135. The average Bonchev–Trinajstić information content (AvgIpc) is 3.18. The summed E-state index contributed by atoms with van der Waals surface area (Å²) in [6.45, 7) is 12.1. The summed E-state index contributed by atoms with van der Waals surface area (Å²) in [7, 11) is 0.